The number of hydrogen-bond acceptors (Lipinski definition) is 6. The van der Waals surface area contributed by atoms with Crippen LogP contribution in [0.4, 0.5) is 0 Å². The number of H-pyrrole nitrogens is 1. The van der Waals surface area contributed by atoms with Crippen molar-refractivity contribution in [2.45, 2.75) is 55.7 Å². The molecule has 0 aliphatic heterocycles. The summed E-state index contributed by atoms with van der Waals surface area (Å²) in [4.78, 5) is 25.2. The Kier molecular flexibility index (Phi) is 6.30. The fraction of sp³-hybridized carbons (Fsp3) is 0.435. The highest BCUT2D eigenvalue weighted by Gasteiger charge is 2.24. The number of carbonyl (C=O) groups excluding carboxylic acids is 1. The van der Waals surface area contributed by atoms with E-state index in [4.69, 9.17) is 0 Å². The highest BCUT2D eigenvalue weighted by molar-refractivity contribution is 7.92. The normalized spacial score (nSPS) is 19.4. The predicted octanol–water partition coefficient (Wildman–Crippen LogP) is 3.09. The molecule has 3 aromatic rings. The van der Waals surface area contributed by atoms with Crippen LogP contribution in [0.5, 0.6) is 0 Å². The summed E-state index contributed by atoms with van der Waals surface area (Å²) in [7, 11) is -3.35. The molecule has 0 atom stereocenters. The standard InChI is InChI=1S/C23H28N4O4S/c1-14(2)32(30,31)18-9-5-16(6-10-18)20-12-25-22-21(27-20)19(11-24-22)23(29)26-17-7-3-15(13-28)4-8-17/h5-6,9-12,14-15,17,28H,3-4,7-8,13H2,1-2H3,(H,24,25)(H,26,29). The number of rotatable bonds is 6. The molecule has 8 nitrogen and oxygen atoms in total. The molecule has 0 bridgehead atoms. The lowest BCUT2D eigenvalue weighted by Gasteiger charge is -2.27. The smallest absolute Gasteiger partial charge is 0.255 e. The molecule has 1 fully saturated rings. The number of aromatic amines is 1. The van der Waals surface area contributed by atoms with Crippen molar-refractivity contribution in [3.05, 3.63) is 42.2 Å². The van der Waals surface area contributed by atoms with Gasteiger partial charge < -0.3 is 15.4 Å². The summed E-state index contributed by atoms with van der Waals surface area (Å²) in [5.74, 6) is 0.125. The summed E-state index contributed by atoms with van der Waals surface area (Å²) >= 11 is 0. The van der Waals surface area contributed by atoms with Crippen LogP contribution in [0.25, 0.3) is 22.4 Å². The van der Waals surface area contributed by atoms with Gasteiger partial charge in [-0.05, 0) is 57.6 Å². The van der Waals surface area contributed by atoms with Gasteiger partial charge in [0.25, 0.3) is 5.91 Å². The molecular formula is C23H28N4O4S. The van der Waals surface area contributed by atoms with E-state index in [9.17, 15) is 18.3 Å². The van der Waals surface area contributed by atoms with E-state index >= 15 is 0 Å². The molecule has 9 heteroatoms. The molecule has 170 valence electrons. The molecule has 0 saturated heterocycles. The minimum Gasteiger partial charge on any atom is -0.396 e. The molecule has 32 heavy (non-hydrogen) atoms. The molecule has 2 aromatic heterocycles. The van der Waals surface area contributed by atoms with Crippen molar-refractivity contribution in [1.29, 1.82) is 0 Å². The number of aromatic nitrogens is 3. The topological polar surface area (TPSA) is 125 Å². The van der Waals surface area contributed by atoms with Crippen LogP contribution < -0.4 is 5.32 Å². The van der Waals surface area contributed by atoms with Gasteiger partial charge in [-0.3, -0.25) is 4.79 Å². The molecule has 4 rings (SSSR count). The maximum atomic E-state index is 12.9. The maximum Gasteiger partial charge on any atom is 0.255 e. The number of nitrogens with zero attached hydrogens (tertiary/aromatic N) is 2. The fourth-order valence-electron chi connectivity index (χ4n) is 4.04. The highest BCUT2D eigenvalue weighted by atomic mass is 32.2. The van der Waals surface area contributed by atoms with E-state index in [0.29, 0.717) is 28.3 Å². The zero-order valence-electron chi connectivity index (χ0n) is 18.2. The van der Waals surface area contributed by atoms with E-state index in [1.807, 2.05) is 0 Å². The van der Waals surface area contributed by atoms with Crippen molar-refractivity contribution in [3.8, 4) is 11.3 Å². The Labute approximate surface area is 187 Å². The summed E-state index contributed by atoms with van der Waals surface area (Å²) in [6.45, 7) is 3.50. The number of benzene rings is 1. The first-order valence-electron chi connectivity index (χ1n) is 10.9. The van der Waals surface area contributed by atoms with Crippen molar-refractivity contribution in [2.75, 3.05) is 6.61 Å². The Hall–Kier alpha value is -2.78. The van der Waals surface area contributed by atoms with Gasteiger partial charge in [-0.1, -0.05) is 12.1 Å². The zero-order chi connectivity index (χ0) is 22.9. The number of nitrogens with one attached hydrogen (secondary N) is 2. The number of fused-ring (bicyclic) bond motifs is 1. The Bertz CT molecular complexity index is 1210. The van der Waals surface area contributed by atoms with Gasteiger partial charge in [-0.25, -0.2) is 18.4 Å². The van der Waals surface area contributed by atoms with Crippen LogP contribution in [0.1, 0.15) is 49.9 Å². The van der Waals surface area contributed by atoms with Gasteiger partial charge in [0.15, 0.2) is 15.5 Å². The van der Waals surface area contributed by atoms with Crippen LogP contribution in [-0.2, 0) is 9.84 Å². The zero-order valence-corrected chi connectivity index (χ0v) is 19.0. The minimum atomic E-state index is -3.35. The van der Waals surface area contributed by atoms with Gasteiger partial charge in [0.1, 0.15) is 5.52 Å². The van der Waals surface area contributed by atoms with Crippen molar-refractivity contribution in [1.82, 2.24) is 20.3 Å². The first kappa shape index (κ1) is 22.4. The Morgan fingerprint density at radius 2 is 1.88 bits per heavy atom. The third-order valence-electron chi connectivity index (χ3n) is 6.16. The van der Waals surface area contributed by atoms with Gasteiger partial charge in [0.05, 0.1) is 27.6 Å². The van der Waals surface area contributed by atoms with Crippen molar-refractivity contribution in [2.24, 2.45) is 5.92 Å². The average Bonchev–Trinajstić information content (AvgIpc) is 3.23. The Balaban J connectivity index is 1.56. The molecule has 0 spiro atoms. The largest absolute Gasteiger partial charge is 0.396 e. The van der Waals surface area contributed by atoms with Gasteiger partial charge >= 0.3 is 0 Å². The van der Waals surface area contributed by atoms with E-state index < -0.39 is 15.1 Å². The van der Waals surface area contributed by atoms with Crippen LogP contribution in [0.2, 0.25) is 0 Å². The number of carbonyl (C=O) groups is 1. The average molecular weight is 457 g/mol. The SMILES string of the molecule is CC(C)S(=O)(=O)c1ccc(-c2cnc3[nH]cc(C(=O)NC4CCC(CO)CC4)c3n2)cc1. The molecule has 1 aliphatic rings. The van der Waals surface area contributed by atoms with Gasteiger partial charge in [-0.15, -0.1) is 0 Å². The molecule has 0 unspecified atom stereocenters. The molecule has 1 aromatic carbocycles. The summed E-state index contributed by atoms with van der Waals surface area (Å²) in [5.41, 5.74) is 2.70. The molecule has 3 N–H and O–H groups in total. The maximum absolute atomic E-state index is 12.9. The van der Waals surface area contributed by atoms with Crippen LogP contribution in [-0.4, -0.2) is 52.3 Å². The van der Waals surface area contributed by atoms with Crippen LogP contribution in [0, 0.1) is 5.92 Å². The molecule has 1 amide bonds. The monoisotopic (exact) mass is 456 g/mol. The van der Waals surface area contributed by atoms with E-state index in [-0.39, 0.29) is 23.5 Å². The van der Waals surface area contributed by atoms with Gasteiger partial charge in [0.2, 0.25) is 0 Å². The molecule has 2 heterocycles. The second kappa shape index (κ2) is 8.99. The minimum absolute atomic E-state index is 0.0850. The molecular weight excluding hydrogens is 428 g/mol. The van der Waals surface area contributed by atoms with E-state index in [2.05, 4.69) is 20.3 Å². The molecule has 0 radical (unpaired) electrons. The van der Waals surface area contributed by atoms with Crippen LogP contribution in [0.3, 0.4) is 0 Å². The summed E-state index contributed by atoms with van der Waals surface area (Å²) in [6, 6.07) is 6.64. The van der Waals surface area contributed by atoms with E-state index in [1.54, 1.807) is 50.5 Å². The Morgan fingerprint density at radius 3 is 2.50 bits per heavy atom. The van der Waals surface area contributed by atoms with Crippen LogP contribution >= 0.6 is 0 Å². The van der Waals surface area contributed by atoms with Crippen molar-refractivity contribution in [3.63, 3.8) is 0 Å². The lowest BCUT2D eigenvalue weighted by molar-refractivity contribution is 0.0915. The summed E-state index contributed by atoms with van der Waals surface area (Å²) in [6.07, 6.45) is 6.72. The first-order valence-corrected chi connectivity index (χ1v) is 12.4. The number of amides is 1. The summed E-state index contributed by atoms with van der Waals surface area (Å²) in [5, 5.41) is 11.9. The van der Waals surface area contributed by atoms with Crippen LogP contribution in [0.15, 0.2) is 41.6 Å². The van der Waals surface area contributed by atoms with Gasteiger partial charge in [0, 0.05) is 24.4 Å². The van der Waals surface area contributed by atoms with E-state index in [0.717, 1.165) is 31.2 Å². The lowest BCUT2D eigenvalue weighted by atomic mass is 9.86. The lowest BCUT2D eigenvalue weighted by Crippen LogP contribution is -2.38. The highest BCUT2D eigenvalue weighted by Crippen LogP contribution is 2.26. The number of hydrogen-bond donors (Lipinski definition) is 3. The van der Waals surface area contributed by atoms with Crippen molar-refractivity contribution < 1.29 is 18.3 Å². The fourth-order valence-corrected chi connectivity index (χ4v) is 5.10. The third kappa shape index (κ3) is 4.40. The third-order valence-corrected chi connectivity index (χ3v) is 8.34. The first-order chi connectivity index (χ1) is 15.3. The van der Waals surface area contributed by atoms with Gasteiger partial charge in [-0.2, -0.15) is 0 Å². The Morgan fingerprint density at radius 1 is 1.19 bits per heavy atom. The van der Waals surface area contributed by atoms with Crippen molar-refractivity contribution >= 4 is 26.9 Å². The second-order valence-corrected chi connectivity index (χ2v) is 11.2. The second-order valence-electron chi connectivity index (χ2n) is 8.65. The number of aliphatic hydroxyl groups excluding tert-OH is 1. The summed E-state index contributed by atoms with van der Waals surface area (Å²) < 4.78 is 24.7. The molecule has 1 saturated carbocycles. The molecule has 1 aliphatic carbocycles. The van der Waals surface area contributed by atoms with E-state index in [1.165, 1.54) is 0 Å². The number of sulfone groups is 1. The predicted molar refractivity (Wildman–Crippen MR) is 122 cm³/mol. The number of aliphatic hydroxyl groups is 1. The quantitative estimate of drug-likeness (QED) is 0.523.